The van der Waals surface area contributed by atoms with Gasteiger partial charge in [0.1, 0.15) is 0 Å². The van der Waals surface area contributed by atoms with Crippen LogP contribution < -0.4 is 0 Å². The van der Waals surface area contributed by atoms with E-state index >= 15 is 0 Å². The molecule has 1 saturated carbocycles. The maximum absolute atomic E-state index is 10.2. The minimum atomic E-state index is -0.922. The highest BCUT2D eigenvalue weighted by Crippen LogP contribution is 2.40. The highest BCUT2D eigenvalue weighted by atomic mass is 35.5. The van der Waals surface area contributed by atoms with Crippen LogP contribution in [0, 0.1) is 11.8 Å². The van der Waals surface area contributed by atoms with Crippen LogP contribution >= 0.6 is 11.6 Å². The van der Waals surface area contributed by atoms with E-state index in [0.29, 0.717) is 6.42 Å². The molecule has 2 atom stereocenters. The molecule has 9 heavy (non-hydrogen) atoms. The van der Waals surface area contributed by atoms with Crippen LogP contribution in [0.25, 0.3) is 0 Å². The molecule has 50 valence electrons. The van der Waals surface area contributed by atoms with Gasteiger partial charge in [-0.15, -0.1) is 0 Å². The molecular formula is C5H5ClO3. The minimum Gasteiger partial charge on any atom is -0.481 e. The van der Waals surface area contributed by atoms with Gasteiger partial charge in [-0.2, -0.15) is 0 Å². The molecule has 1 N–H and O–H groups in total. The first-order valence-corrected chi connectivity index (χ1v) is 2.93. The van der Waals surface area contributed by atoms with E-state index in [-0.39, 0.29) is 0 Å². The van der Waals surface area contributed by atoms with Gasteiger partial charge >= 0.3 is 5.97 Å². The van der Waals surface area contributed by atoms with E-state index in [2.05, 4.69) is 0 Å². The summed E-state index contributed by atoms with van der Waals surface area (Å²) in [5.74, 6) is -1.84. The van der Waals surface area contributed by atoms with Crippen molar-refractivity contribution in [3.8, 4) is 0 Å². The smallest absolute Gasteiger partial charge is 0.307 e. The number of halogens is 1. The molecule has 1 aliphatic rings. The minimum absolute atomic E-state index is 0.413. The first-order valence-electron chi connectivity index (χ1n) is 2.55. The molecule has 1 aliphatic carbocycles. The molecular weight excluding hydrogens is 144 g/mol. The SMILES string of the molecule is O=C(O)[C@@H]1C[C@H]1C(=O)Cl. The van der Waals surface area contributed by atoms with E-state index in [0.717, 1.165) is 0 Å². The number of carboxylic acid groups (broad SMARTS) is 1. The van der Waals surface area contributed by atoms with Crippen molar-refractivity contribution in [2.24, 2.45) is 11.8 Å². The van der Waals surface area contributed by atoms with E-state index in [1.54, 1.807) is 0 Å². The molecule has 0 aliphatic heterocycles. The standard InChI is InChI=1S/C5H5ClO3/c6-4(7)2-1-3(2)5(8)9/h2-3H,1H2,(H,8,9)/t2-,3-/m1/s1. The Morgan fingerprint density at radius 1 is 1.44 bits per heavy atom. The summed E-state index contributed by atoms with van der Waals surface area (Å²) < 4.78 is 0. The van der Waals surface area contributed by atoms with E-state index in [9.17, 15) is 9.59 Å². The van der Waals surface area contributed by atoms with Crippen molar-refractivity contribution in [2.45, 2.75) is 6.42 Å². The molecule has 0 bridgehead atoms. The van der Waals surface area contributed by atoms with Crippen molar-refractivity contribution in [3.05, 3.63) is 0 Å². The van der Waals surface area contributed by atoms with E-state index in [1.165, 1.54) is 0 Å². The first kappa shape index (κ1) is 6.55. The summed E-state index contributed by atoms with van der Waals surface area (Å²) in [5.41, 5.74) is 0. The number of hydrogen-bond acceptors (Lipinski definition) is 2. The normalized spacial score (nSPS) is 31.7. The molecule has 0 radical (unpaired) electrons. The largest absolute Gasteiger partial charge is 0.481 e. The third-order valence-corrected chi connectivity index (χ3v) is 1.68. The topological polar surface area (TPSA) is 54.4 Å². The molecule has 1 fully saturated rings. The lowest BCUT2D eigenvalue weighted by atomic mass is 10.3. The first-order chi connectivity index (χ1) is 4.13. The number of rotatable bonds is 2. The monoisotopic (exact) mass is 148 g/mol. The van der Waals surface area contributed by atoms with Crippen molar-refractivity contribution < 1.29 is 14.7 Å². The Kier molecular flexibility index (Phi) is 1.45. The maximum atomic E-state index is 10.2. The van der Waals surface area contributed by atoms with Gasteiger partial charge in [-0.3, -0.25) is 9.59 Å². The molecule has 0 amide bonds. The molecule has 0 aromatic carbocycles. The van der Waals surface area contributed by atoms with Gasteiger partial charge in [-0.1, -0.05) is 0 Å². The van der Waals surface area contributed by atoms with Crippen LogP contribution in [-0.2, 0) is 9.59 Å². The highest BCUT2D eigenvalue weighted by molar-refractivity contribution is 6.64. The van der Waals surface area contributed by atoms with E-state index in [4.69, 9.17) is 16.7 Å². The van der Waals surface area contributed by atoms with Crippen LogP contribution in [0.3, 0.4) is 0 Å². The Hall–Kier alpha value is -0.570. The summed E-state index contributed by atoms with van der Waals surface area (Å²) >= 11 is 5.01. The van der Waals surface area contributed by atoms with Crippen LogP contribution in [0.2, 0.25) is 0 Å². The molecule has 0 saturated heterocycles. The second kappa shape index (κ2) is 1.99. The fraction of sp³-hybridized carbons (Fsp3) is 0.600. The van der Waals surface area contributed by atoms with Gasteiger partial charge in [-0.25, -0.2) is 0 Å². The zero-order valence-corrected chi connectivity index (χ0v) is 5.26. The van der Waals surface area contributed by atoms with Crippen LogP contribution in [0.4, 0.5) is 0 Å². The van der Waals surface area contributed by atoms with E-state index in [1.807, 2.05) is 0 Å². The highest BCUT2D eigenvalue weighted by Gasteiger charge is 2.47. The van der Waals surface area contributed by atoms with Crippen LogP contribution in [-0.4, -0.2) is 16.3 Å². The summed E-state index contributed by atoms with van der Waals surface area (Å²) in [5, 5.41) is 7.74. The van der Waals surface area contributed by atoms with Crippen molar-refractivity contribution in [1.29, 1.82) is 0 Å². The van der Waals surface area contributed by atoms with E-state index < -0.39 is 23.0 Å². The Labute approximate surface area is 56.6 Å². The molecule has 4 heteroatoms. The third-order valence-electron chi connectivity index (χ3n) is 1.40. The predicted molar refractivity (Wildman–Crippen MR) is 30.1 cm³/mol. The molecule has 0 spiro atoms. The second-order valence-corrected chi connectivity index (χ2v) is 2.46. The van der Waals surface area contributed by atoms with Crippen LogP contribution in [0.1, 0.15) is 6.42 Å². The third kappa shape index (κ3) is 1.21. The molecule has 0 heterocycles. The average Bonchev–Trinajstić information content (AvgIpc) is 2.39. The summed E-state index contributed by atoms with van der Waals surface area (Å²) in [4.78, 5) is 20.3. The Balaban J connectivity index is 2.42. The molecule has 1 rings (SSSR count). The lowest BCUT2D eigenvalue weighted by molar-refractivity contribution is -0.139. The van der Waals surface area contributed by atoms with Gasteiger partial charge < -0.3 is 5.11 Å². The van der Waals surface area contributed by atoms with Gasteiger partial charge in [0.15, 0.2) is 0 Å². The fourth-order valence-corrected chi connectivity index (χ4v) is 0.960. The quantitative estimate of drug-likeness (QED) is 0.580. The zero-order valence-electron chi connectivity index (χ0n) is 4.50. The number of hydrogen-bond donors (Lipinski definition) is 1. The van der Waals surface area contributed by atoms with Crippen LogP contribution in [0.5, 0.6) is 0 Å². The summed E-state index contributed by atoms with van der Waals surface area (Å²) in [6.07, 6.45) is 0.414. The number of carbonyl (C=O) groups excluding carboxylic acids is 1. The number of carboxylic acids is 1. The summed E-state index contributed by atoms with van der Waals surface area (Å²) in [6, 6.07) is 0. The average molecular weight is 149 g/mol. The van der Waals surface area contributed by atoms with Crippen molar-refractivity contribution in [1.82, 2.24) is 0 Å². The molecule has 0 aromatic heterocycles. The number of aliphatic carboxylic acids is 1. The number of carbonyl (C=O) groups is 2. The van der Waals surface area contributed by atoms with Gasteiger partial charge in [-0.05, 0) is 18.0 Å². The van der Waals surface area contributed by atoms with Crippen LogP contribution in [0.15, 0.2) is 0 Å². The fourth-order valence-electron chi connectivity index (χ4n) is 0.719. The molecule has 3 nitrogen and oxygen atoms in total. The van der Waals surface area contributed by atoms with Gasteiger partial charge in [0, 0.05) is 5.92 Å². The second-order valence-electron chi connectivity index (χ2n) is 2.09. The van der Waals surface area contributed by atoms with Gasteiger partial charge in [0.25, 0.3) is 0 Å². The Morgan fingerprint density at radius 2 is 2.00 bits per heavy atom. The van der Waals surface area contributed by atoms with Crippen molar-refractivity contribution >= 4 is 22.8 Å². The van der Waals surface area contributed by atoms with Crippen molar-refractivity contribution in [3.63, 3.8) is 0 Å². The maximum Gasteiger partial charge on any atom is 0.307 e. The summed E-state index contributed by atoms with van der Waals surface area (Å²) in [6.45, 7) is 0. The summed E-state index contributed by atoms with van der Waals surface area (Å²) in [7, 11) is 0. The van der Waals surface area contributed by atoms with Gasteiger partial charge in [0.2, 0.25) is 5.24 Å². The Morgan fingerprint density at radius 3 is 2.11 bits per heavy atom. The van der Waals surface area contributed by atoms with Gasteiger partial charge in [0.05, 0.1) is 5.92 Å². The lowest BCUT2D eigenvalue weighted by Crippen LogP contribution is -2.02. The zero-order chi connectivity index (χ0) is 7.02. The lowest BCUT2D eigenvalue weighted by Gasteiger charge is -1.83. The molecule has 0 unspecified atom stereocenters. The molecule has 0 aromatic rings. The van der Waals surface area contributed by atoms with Crippen molar-refractivity contribution in [2.75, 3.05) is 0 Å². The Bertz CT molecular complexity index is 148. The predicted octanol–water partition coefficient (Wildman–Crippen LogP) is 0.473.